The molecule has 0 amide bonds. The topological polar surface area (TPSA) is 65.6 Å². The molecular formula is C21H26FN5S. The van der Waals surface area contributed by atoms with Gasteiger partial charge in [-0.1, -0.05) is 12.1 Å². The maximum atomic E-state index is 15.2. The Morgan fingerprint density at radius 1 is 1.18 bits per heavy atom. The molecule has 0 aliphatic heterocycles. The first-order valence-electron chi connectivity index (χ1n) is 9.87. The molecule has 0 saturated heterocycles. The summed E-state index contributed by atoms with van der Waals surface area (Å²) in [6, 6.07) is 10.5. The molecule has 2 aromatic heterocycles. The molecule has 1 aliphatic carbocycles. The van der Waals surface area contributed by atoms with Crippen molar-refractivity contribution in [3.05, 3.63) is 48.0 Å². The van der Waals surface area contributed by atoms with E-state index < -0.39 is 0 Å². The molecular weight excluding hydrogens is 373 g/mol. The van der Waals surface area contributed by atoms with Crippen molar-refractivity contribution in [2.75, 3.05) is 0 Å². The van der Waals surface area contributed by atoms with Crippen molar-refractivity contribution in [3.8, 4) is 11.3 Å². The number of rotatable bonds is 6. The van der Waals surface area contributed by atoms with Gasteiger partial charge in [0.2, 0.25) is 0 Å². The van der Waals surface area contributed by atoms with E-state index in [-0.39, 0.29) is 11.7 Å². The number of pyridine rings is 1. The number of nitrogens with one attached hydrogen (secondary N) is 3. The van der Waals surface area contributed by atoms with Crippen LogP contribution >= 0.6 is 12.1 Å². The lowest BCUT2D eigenvalue weighted by Crippen LogP contribution is -2.32. The summed E-state index contributed by atoms with van der Waals surface area (Å²) in [6.07, 6.45) is 5.75. The zero-order valence-corrected chi connectivity index (χ0v) is 17.0. The SMILES string of the molecule is CC(C)NSNC1CCC(c2[nH]nc(-c3ccc4ncccc4c3)c2F)CC1. The lowest BCUT2D eigenvalue weighted by atomic mass is 9.84. The number of nitrogens with zero attached hydrogens (tertiary/aromatic N) is 2. The minimum absolute atomic E-state index is 0.199. The summed E-state index contributed by atoms with van der Waals surface area (Å²) < 4.78 is 21.9. The standard InChI is InChI=1S/C21H26FN5S/c1-13(2)26-28-27-17-8-5-14(6-9-17)20-19(22)21(25-24-20)16-7-10-18-15(12-16)4-3-11-23-18/h3-4,7,10-14,17,26-27H,5-6,8-9H2,1-2H3,(H,24,25). The molecule has 0 atom stereocenters. The molecule has 28 heavy (non-hydrogen) atoms. The fourth-order valence-electron chi connectivity index (χ4n) is 3.76. The van der Waals surface area contributed by atoms with Crippen LogP contribution in [-0.4, -0.2) is 27.3 Å². The third-order valence-electron chi connectivity index (χ3n) is 5.26. The van der Waals surface area contributed by atoms with Crippen LogP contribution in [0.25, 0.3) is 22.2 Å². The molecule has 148 valence electrons. The van der Waals surface area contributed by atoms with Gasteiger partial charge in [0.25, 0.3) is 0 Å². The maximum Gasteiger partial charge on any atom is 0.172 e. The Labute approximate surface area is 169 Å². The third-order valence-corrected chi connectivity index (χ3v) is 6.31. The molecule has 1 saturated carbocycles. The number of fused-ring (bicyclic) bond motifs is 1. The van der Waals surface area contributed by atoms with E-state index in [0.717, 1.165) is 42.1 Å². The van der Waals surface area contributed by atoms with E-state index in [1.165, 1.54) is 0 Å². The summed E-state index contributed by atoms with van der Waals surface area (Å²) in [7, 11) is 0. The van der Waals surface area contributed by atoms with E-state index in [2.05, 4.69) is 38.5 Å². The van der Waals surface area contributed by atoms with E-state index in [0.29, 0.717) is 23.5 Å². The highest BCUT2D eigenvalue weighted by Crippen LogP contribution is 2.36. The number of hydrogen-bond donors (Lipinski definition) is 3. The number of benzene rings is 1. The van der Waals surface area contributed by atoms with Crippen LogP contribution in [-0.2, 0) is 0 Å². The van der Waals surface area contributed by atoms with Gasteiger partial charge in [0.1, 0.15) is 5.69 Å². The quantitative estimate of drug-likeness (QED) is 0.512. The molecule has 1 fully saturated rings. The fraction of sp³-hybridized carbons (Fsp3) is 0.429. The van der Waals surface area contributed by atoms with Crippen LogP contribution in [0.4, 0.5) is 4.39 Å². The second-order valence-electron chi connectivity index (χ2n) is 7.75. The van der Waals surface area contributed by atoms with E-state index >= 15 is 4.39 Å². The summed E-state index contributed by atoms with van der Waals surface area (Å²) in [5.41, 5.74) is 2.73. The monoisotopic (exact) mass is 399 g/mol. The molecule has 4 rings (SSSR count). The van der Waals surface area contributed by atoms with Crippen molar-refractivity contribution in [1.29, 1.82) is 0 Å². The molecule has 0 bridgehead atoms. The first-order chi connectivity index (χ1) is 13.6. The van der Waals surface area contributed by atoms with Crippen LogP contribution in [0.5, 0.6) is 0 Å². The van der Waals surface area contributed by atoms with E-state index in [1.807, 2.05) is 30.3 Å². The Kier molecular flexibility index (Phi) is 5.94. The van der Waals surface area contributed by atoms with Gasteiger partial charge in [-0.05, 0) is 57.7 Å². The Balaban J connectivity index is 1.44. The average Bonchev–Trinajstić information content (AvgIpc) is 3.09. The largest absolute Gasteiger partial charge is 0.279 e. The van der Waals surface area contributed by atoms with Gasteiger partial charge in [0, 0.05) is 47.3 Å². The molecule has 2 heterocycles. The van der Waals surface area contributed by atoms with Gasteiger partial charge in [-0.3, -0.25) is 10.1 Å². The lowest BCUT2D eigenvalue weighted by Gasteiger charge is -2.28. The fourth-order valence-corrected chi connectivity index (χ4v) is 4.47. The highest BCUT2D eigenvalue weighted by molar-refractivity contribution is 7.95. The Morgan fingerprint density at radius 3 is 2.79 bits per heavy atom. The zero-order valence-electron chi connectivity index (χ0n) is 16.2. The third kappa shape index (κ3) is 4.21. The number of aromatic nitrogens is 3. The van der Waals surface area contributed by atoms with Crippen molar-refractivity contribution < 1.29 is 4.39 Å². The molecule has 7 heteroatoms. The Hall–Kier alpha value is -1.96. The van der Waals surface area contributed by atoms with Gasteiger partial charge >= 0.3 is 0 Å². The molecule has 0 radical (unpaired) electrons. The normalized spacial score (nSPS) is 20.1. The number of halogens is 1. The van der Waals surface area contributed by atoms with Crippen molar-refractivity contribution in [2.45, 2.75) is 57.5 Å². The minimum Gasteiger partial charge on any atom is -0.279 e. The van der Waals surface area contributed by atoms with Crippen LogP contribution < -0.4 is 9.44 Å². The Morgan fingerprint density at radius 2 is 2.00 bits per heavy atom. The highest BCUT2D eigenvalue weighted by atomic mass is 32.2. The smallest absolute Gasteiger partial charge is 0.172 e. The summed E-state index contributed by atoms with van der Waals surface area (Å²) >= 11 is 1.57. The van der Waals surface area contributed by atoms with Gasteiger partial charge < -0.3 is 0 Å². The second-order valence-corrected chi connectivity index (χ2v) is 8.43. The molecule has 5 nitrogen and oxygen atoms in total. The first kappa shape index (κ1) is 19.4. The van der Waals surface area contributed by atoms with Crippen molar-refractivity contribution in [2.24, 2.45) is 0 Å². The van der Waals surface area contributed by atoms with Gasteiger partial charge in [-0.15, -0.1) is 0 Å². The van der Waals surface area contributed by atoms with Gasteiger partial charge in [-0.2, -0.15) is 5.10 Å². The predicted molar refractivity (Wildman–Crippen MR) is 113 cm³/mol. The lowest BCUT2D eigenvalue weighted by molar-refractivity contribution is 0.369. The number of aromatic amines is 1. The maximum absolute atomic E-state index is 15.2. The van der Waals surface area contributed by atoms with E-state index in [1.54, 1.807) is 18.3 Å². The molecule has 3 aromatic rings. The summed E-state index contributed by atoms with van der Waals surface area (Å²) in [6.45, 7) is 4.24. The molecule has 1 aromatic carbocycles. The van der Waals surface area contributed by atoms with Crippen molar-refractivity contribution in [3.63, 3.8) is 0 Å². The van der Waals surface area contributed by atoms with Crippen LogP contribution in [0, 0.1) is 5.82 Å². The van der Waals surface area contributed by atoms with Crippen molar-refractivity contribution >= 4 is 23.0 Å². The molecule has 0 spiro atoms. The van der Waals surface area contributed by atoms with E-state index in [4.69, 9.17) is 0 Å². The van der Waals surface area contributed by atoms with Crippen LogP contribution in [0.3, 0.4) is 0 Å². The zero-order chi connectivity index (χ0) is 19.5. The summed E-state index contributed by atoms with van der Waals surface area (Å²) in [5.74, 6) is -0.0139. The highest BCUT2D eigenvalue weighted by Gasteiger charge is 2.27. The Bertz CT molecular complexity index is 933. The molecule has 1 aliphatic rings. The predicted octanol–water partition coefficient (Wildman–Crippen LogP) is 4.94. The number of H-pyrrole nitrogens is 1. The van der Waals surface area contributed by atoms with Crippen LogP contribution in [0.15, 0.2) is 36.5 Å². The summed E-state index contributed by atoms with van der Waals surface area (Å²) in [5, 5.41) is 8.28. The molecule has 3 N–H and O–H groups in total. The van der Waals surface area contributed by atoms with E-state index in [9.17, 15) is 0 Å². The minimum atomic E-state index is -0.213. The van der Waals surface area contributed by atoms with Gasteiger partial charge in [-0.25, -0.2) is 13.8 Å². The van der Waals surface area contributed by atoms with Crippen LogP contribution in [0.1, 0.15) is 51.1 Å². The second kappa shape index (κ2) is 8.59. The van der Waals surface area contributed by atoms with Crippen LogP contribution in [0.2, 0.25) is 0 Å². The number of hydrogen-bond acceptors (Lipinski definition) is 5. The van der Waals surface area contributed by atoms with Crippen molar-refractivity contribution in [1.82, 2.24) is 24.6 Å². The first-order valence-corrected chi connectivity index (χ1v) is 10.7. The average molecular weight is 400 g/mol. The summed E-state index contributed by atoms with van der Waals surface area (Å²) in [4.78, 5) is 4.32. The van der Waals surface area contributed by atoms with Gasteiger partial charge in [0.15, 0.2) is 5.82 Å². The molecule has 0 unspecified atom stereocenters. The van der Waals surface area contributed by atoms with Gasteiger partial charge in [0.05, 0.1) is 11.2 Å².